The first kappa shape index (κ1) is 7.40. The molecule has 1 aliphatic rings. The van der Waals surface area contributed by atoms with Crippen LogP contribution in [0, 0.1) is 5.82 Å². The Morgan fingerprint density at radius 1 is 1.58 bits per heavy atom. The summed E-state index contributed by atoms with van der Waals surface area (Å²) in [4.78, 5) is 0. The first-order chi connectivity index (χ1) is 5.66. The summed E-state index contributed by atoms with van der Waals surface area (Å²) in [6.45, 7) is 1.95. The second-order valence-electron chi connectivity index (χ2n) is 3.11. The first-order valence-corrected chi connectivity index (χ1v) is 3.91. The fourth-order valence-electron chi connectivity index (χ4n) is 1.46. The lowest BCUT2D eigenvalue weighted by Crippen LogP contribution is -2.05. The molecule has 2 N–H and O–H groups in total. The molecular weight excluding hydrogens is 157 g/mol. The minimum Gasteiger partial charge on any atom is -0.490 e. The van der Waals surface area contributed by atoms with Crippen LogP contribution < -0.4 is 10.5 Å². The first-order valence-electron chi connectivity index (χ1n) is 3.91. The molecule has 0 radical (unpaired) electrons. The summed E-state index contributed by atoms with van der Waals surface area (Å²) in [5.74, 6) is 0.233. The van der Waals surface area contributed by atoms with Crippen LogP contribution in [-0.4, -0.2) is 6.10 Å². The maximum Gasteiger partial charge on any atom is 0.149 e. The number of rotatable bonds is 0. The van der Waals surface area contributed by atoms with Crippen molar-refractivity contribution in [3.8, 4) is 5.75 Å². The van der Waals surface area contributed by atoms with E-state index in [-0.39, 0.29) is 11.8 Å². The van der Waals surface area contributed by atoms with Crippen LogP contribution in [0.15, 0.2) is 12.1 Å². The van der Waals surface area contributed by atoms with E-state index in [2.05, 4.69) is 0 Å². The average Bonchev–Trinajstić information content (AvgIpc) is 2.30. The van der Waals surface area contributed by atoms with E-state index in [9.17, 15) is 4.39 Å². The van der Waals surface area contributed by atoms with Gasteiger partial charge in [0.2, 0.25) is 0 Å². The van der Waals surface area contributed by atoms with Crippen LogP contribution in [0.1, 0.15) is 12.5 Å². The number of benzene rings is 1. The van der Waals surface area contributed by atoms with Gasteiger partial charge in [0.05, 0.1) is 5.69 Å². The van der Waals surface area contributed by atoms with E-state index in [1.54, 1.807) is 6.07 Å². The number of fused-ring (bicyclic) bond motifs is 1. The molecule has 0 amide bonds. The molecule has 3 heteroatoms. The molecule has 0 fully saturated rings. The van der Waals surface area contributed by atoms with E-state index in [0.717, 1.165) is 12.0 Å². The monoisotopic (exact) mass is 167 g/mol. The van der Waals surface area contributed by atoms with E-state index in [4.69, 9.17) is 10.5 Å². The van der Waals surface area contributed by atoms with Crippen molar-refractivity contribution in [3.05, 3.63) is 23.5 Å². The van der Waals surface area contributed by atoms with E-state index in [1.165, 1.54) is 6.07 Å². The van der Waals surface area contributed by atoms with Gasteiger partial charge < -0.3 is 10.5 Å². The quantitative estimate of drug-likeness (QED) is 0.597. The van der Waals surface area contributed by atoms with Crippen LogP contribution >= 0.6 is 0 Å². The van der Waals surface area contributed by atoms with Crippen molar-refractivity contribution in [2.24, 2.45) is 0 Å². The topological polar surface area (TPSA) is 35.2 Å². The van der Waals surface area contributed by atoms with Crippen molar-refractivity contribution in [2.45, 2.75) is 19.4 Å². The minimum atomic E-state index is -0.400. The van der Waals surface area contributed by atoms with E-state index in [1.807, 2.05) is 6.92 Å². The standard InChI is InChI=1S/C9H10FNO/c1-5-2-6-3-8(11)7(10)4-9(6)12-5/h3-5H,2,11H2,1H3/t5-/m1/s1. The smallest absolute Gasteiger partial charge is 0.149 e. The van der Waals surface area contributed by atoms with Crippen LogP contribution in [0.2, 0.25) is 0 Å². The van der Waals surface area contributed by atoms with Crippen molar-refractivity contribution >= 4 is 5.69 Å². The molecule has 2 rings (SSSR count). The van der Waals surface area contributed by atoms with Crippen LogP contribution in [0.3, 0.4) is 0 Å². The highest BCUT2D eigenvalue weighted by atomic mass is 19.1. The molecule has 0 bridgehead atoms. The second kappa shape index (κ2) is 2.37. The lowest BCUT2D eigenvalue weighted by atomic mass is 10.1. The predicted octanol–water partition coefficient (Wildman–Crippen LogP) is 1.73. The molecule has 0 spiro atoms. The third-order valence-electron chi connectivity index (χ3n) is 2.02. The molecule has 0 unspecified atom stereocenters. The third kappa shape index (κ3) is 1.02. The summed E-state index contributed by atoms with van der Waals surface area (Å²) >= 11 is 0. The zero-order valence-corrected chi connectivity index (χ0v) is 6.80. The summed E-state index contributed by atoms with van der Waals surface area (Å²) in [6.07, 6.45) is 0.959. The molecule has 1 heterocycles. The van der Waals surface area contributed by atoms with Gasteiger partial charge >= 0.3 is 0 Å². The van der Waals surface area contributed by atoms with Crippen LogP contribution in [0.4, 0.5) is 10.1 Å². The van der Waals surface area contributed by atoms with Crippen molar-refractivity contribution < 1.29 is 9.13 Å². The molecule has 0 aliphatic carbocycles. The van der Waals surface area contributed by atoms with Gasteiger partial charge in [-0.15, -0.1) is 0 Å². The highest BCUT2D eigenvalue weighted by Crippen LogP contribution is 2.31. The number of nitrogen functional groups attached to an aromatic ring is 1. The van der Waals surface area contributed by atoms with Gasteiger partial charge in [0.1, 0.15) is 17.7 Å². The molecule has 0 saturated heterocycles. The fraction of sp³-hybridized carbons (Fsp3) is 0.333. The van der Waals surface area contributed by atoms with Crippen LogP contribution in [0.5, 0.6) is 5.75 Å². The summed E-state index contributed by atoms with van der Waals surface area (Å²) in [5.41, 5.74) is 6.61. The van der Waals surface area contributed by atoms with Crippen LogP contribution in [0.25, 0.3) is 0 Å². The number of hydrogen-bond acceptors (Lipinski definition) is 2. The number of anilines is 1. The summed E-state index contributed by atoms with van der Waals surface area (Å²) in [6, 6.07) is 3.00. The highest BCUT2D eigenvalue weighted by molar-refractivity contribution is 5.50. The van der Waals surface area contributed by atoms with E-state index < -0.39 is 5.82 Å². The molecule has 12 heavy (non-hydrogen) atoms. The highest BCUT2D eigenvalue weighted by Gasteiger charge is 2.20. The van der Waals surface area contributed by atoms with Gasteiger partial charge in [-0.2, -0.15) is 0 Å². The number of halogens is 1. The second-order valence-corrected chi connectivity index (χ2v) is 3.11. The van der Waals surface area contributed by atoms with Gasteiger partial charge in [-0.05, 0) is 13.0 Å². The SMILES string of the molecule is C[C@@H]1Cc2cc(N)c(F)cc2O1. The fourth-order valence-corrected chi connectivity index (χ4v) is 1.46. The number of hydrogen-bond donors (Lipinski definition) is 1. The average molecular weight is 167 g/mol. The molecular formula is C9H10FNO. The van der Waals surface area contributed by atoms with Gasteiger partial charge in [0, 0.05) is 18.1 Å². The van der Waals surface area contributed by atoms with Crippen LogP contribution in [-0.2, 0) is 6.42 Å². The molecule has 1 aliphatic heterocycles. The summed E-state index contributed by atoms with van der Waals surface area (Å²) in [5, 5.41) is 0. The Balaban J connectivity index is 2.48. The molecule has 0 saturated carbocycles. The Morgan fingerprint density at radius 2 is 2.33 bits per heavy atom. The maximum atomic E-state index is 12.9. The lowest BCUT2D eigenvalue weighted by molar-refractivity contribution is 0.254. The largest absolute Gasteiger partial charge is 0.490 e. The minimum absolute atomic E-state index is 0.140. The summed E-state index contributed by atoms with van der Waals surface area (Å²) < 4.78 is 18.2. The normalized spacial score (nSPS) is 20.3. The molecule has 1 aromatic carbocycles. The molecule has 64 valence electrons. The van der Waals surface area contributed by atoms with Crippen molar-refractivity contribution in [1.82, 2.24) is 0 Å². The molecule has 2 nitrogen and oxygen atoms in total. The van der Waals surface area contributed by atoms with Crippen molar-refractivity contribution in [3.63, 3.8) is 0 Å². The predicted molar refractivity (Wildman–Crippen MR) is 44.6 cm³/mol. The van der Waals surface area contributed by atoms with Crippen molar-refractivity contribution in [1.29, 1.82) is 0 Å². The Morgan fingerprint density at radius 3 is 3.08 bits per heavy atom. The lowest BCUT2D eigenvalue weighted by Gasteiger charge is -2.02. The zero-order valence-electron chi connectivity index (χ0n) is 6.80. The maximum absolute atomic E-state index is 12.9. The summed E-state index contributed by atoms with van der Waals surface area (Å²) in [7, 11) is 0. The molecule has 1 atom stereocenters. The number of ether oxygens (including phenoxy) is 1. The Hall–Kier alpha value is -1.25. The Labute approximate surface area is 70.1 Å². The Kier molecular flexibility index (Phi) is 1.46. The van der Waals surface area contributed by atoms with Gasteiger partial charge in [0.15, 0.2) is 0 Å². The van der Waals surface area contributed by atoms with E-state index in [0.29, 0.717) is 5.75 Å². The third-order valence-corrected chi connectivity index (χ3v) is 2.02. The van der Waals surface area contributed by atoms with Gasteiger partial charge in [-0.1, -0.05) is 0 Å². The van der Waals surface area contributed by atoms with Crippen molar-refractivity contribution in [2.75, 3.05) is 5.73 Å². The Bertz CT molecular complexity index is 294. The van der Waals surface area contributed by atoms with Gasteiger partial charge in [-0.25, -0.2) is 4.39 Å². The molecule has 1 aromatic rings. The zero-order chi connectivity index (χ0) is 8.72. The molecule has 0 aromatic heterocycles. The van der Waals surface area contributed by atoms with Gasteiger partial charge in [-0.3, -0.25) is 0 Å². The number of nitrogens with two attached hydrogens (primary N) is 1. The van der Waals surface area contributed by atoms with Gasteiger partial charge in [0.25, 0.3) is 0 Å². The van der Waals surface area contributed by atoms with E-state index >= 15 is 0 Å².